The molecule has 0 radical (unpaired) electrons. The fraction of sp³-hybridized carbons (Fsp3) is 0.348. The lowest BCUT2D eigenvalue weighted by Gasteiger charge is -2.38. The van der Waals surface area contributed by atoms with Crippen LogP contribution in [0, 0.1) is 17.2 Å². The van der Waals surface area contributed by atoms with Crippen LogP contribution in [0.2, 0.25) is 0 Å². The van der Waals surface area contributed by atoms with Gasteiger partial charge >= 0.3 is 0 Å². The minimum Gasteiger partial charge on any atom is -0.339 e. The quantitative estimate of drug-likeness (QED) is 0.776. The van der Waals surface area contributed by atoms with Crippen LogP contribution in [0.15, 0.2) is 58.3 Å². The highest BCUT2D eigenvalue weighted by molar-refractivity contribution is 7.99. The van der Waals surface area contributed by atoms with Crippen LogP contribution in [-0.2, 0) is 4.79 Å². The van der Waals surface area contributed by atoms with E-state index in [2.05, 4.69) is 6.07 Å². The average Bonchev–Trinajstić information content (AvgIpc) is 2.73. The Balaban J connectivity index is 1.46. The Bertz CT molecular complexity index is 957. The highest BCUT2D eigenvalue weighted by atomic mass is 32.2. The van der Waals surface area contributed by atoms with Gasteiger partial charge < -0.3 is 9.80 Å². The maximum Gasteiger partial charge on any atom is 0.255 e. The van der Waals surface area contributed by atoms with Crippen molar-refractivity contribution >= 4 is 23.6 Å². The molecular formula is C23H23N3O2S. The number of carbonyl (C=O) groups is 2. The fourth-order valence-electron chi connectivity index (χ4n) is 3.71. The third kappa shape index (κ3) is 4.15. The zero-order valence-electron chi connectivity index (χ0n) is 16.2. The van der Waals surface area contributed by atoms with Crippen molar-refractivity contribution in [2.75, 3.05) is 26.2 Å². The predicted molar refractivity (Wildman–Crippen MR) is 112 cm³/mol. The Morgan fingerprint density at radius 1 is 0.897 bits per heavy atom. The summed E-state index contributed by atoms with van der Waals surface area (Å²) in [4.78, 5) is 31.1. The van der Waals surface area contributed by atoms with Gasteiger partial charge in [0.25, 0.3) is 5.91 Å². The van der Waals surface area contributed by atoms with Crippen LogP contribution in [-0.4, -0.2) is 47.8 Å². The van der Waals surface area contributed by atoms with Gasteiger partial charge in [0.2, 0.25) is 5.91 Å². The molecule has 1 aliphatic carbocycles. The van der Waals surface area contributed by atoms with Crippen molar-refractivity contribution in [2.45, 2.75) is 29.1 Å². The SMILES string of the molecule is N#Cc1ccccc1Sc1ccccc1C(=O)N1CCN(C(=O)C2CCC2)CC1. The van der Waals surface area contributed by atoms with Gasteiger partial charge in [0.15, 0.2) is 0 Å². The van der Waals surface area contributed by atoms with Crippen molar-refractivity contribution in [3.63, 3.8) is 0 Å². The van der Waals surface area contributed by atoms with Gasteiger partial charge in [-0.3, -0.25) is 9.59 Å². The molecule has 0 aromatic heterocycles. The van der Waals surface area contributed by atoms with Crippen LogP contribution in [0.4, 0.5) is 0 Å². The van der Waals surface area contributed by atoms with Crippen molar-refractivity contribution in [3.05, 3.63) is 59.7 Å². The molecule has 1 aliphatic heterocycles. The molecule has 2 amide bonds. The van der Waals surface area contributed by atoms with Crippen LogP contribution in [0.1, 0.15) is 35.2 Å². The van der Waals surface area contributed by atoms with Crippen molar-refractivity contribution < 1.29 is 9.59 Å². The first-order valence-corrected chi connectivity index (χ1v) is 10.8. The smallest absolute Gasteiger partial charge is 0.255 e. The molecule has 2 aromatic rings. The lowest BCUT2D eigenvalue weighted by Crippen LogP contribution is -2.52. The minimum atomic E-state index is -0.0155. The Labute approximate surface area is 175 Å². The van der Waals surface area contributed by atoms with E-state index in [9.17, 15) is 14.9 Å². The van der Waals surface area contributed by atoms with Crippen molar-refractivity contribution in [2.24, 2.45) is 5.92 Å². The second-order valence-electron chi connectivity index (χ2n) is 7.45. The molecule has 29 heavy (non-hydrogen) atoms. The lowest BCUT2D eigenvalue weighted by molar-refractivity contribution is -0.139. The van der Waals surface area contributed by atoms with E-state index in [4.69, 9.17) is 0 Å². The molecule has 1 saturated carbocycles. The number of piperazine rings is 1. The molecule has 148 valence electrons. The van der Waals surface area contributed by atoms with Crippen LogP contribution < -0.4 is 0 Å². The Morgan fingerprint density at radius 3 is 2.17 bits per heavy atom. The summed E-state index contributed by atoms with van der Waals surface area (Å²) in [5, 5.41) is 9.34. The summed E-state index contributed by atoms with van der Waals surface area (Å²) in [7, 11) is 0. The van der Waals surface area contributed by atoms with E-state index in [1.54, 1.807) is 6.07 Å². The number of carbonyl (C=O) groups excluding carboxylic acids is 2. The van der Waals surface area contributed by atoms with Crippen LogP contribution in [0.5, 0.6) is 0 Å². The fourth-order valence-corrected chi connectivity index (χ4v) is 4.73. The average molecular weight is 406 g/mol. The summed E-state index contributed by atoms with van der Waals surface area (Å²) < 4.78 is 0. The van der Waals surface area contributed by atoms with Crippen molar-refractivity contribution in [1.29, 1.82) is 5.26 Å². The van der Waals surface area contributed by atoms with Crippen molar-refractivity contribution in [3.8, 4) is 6.07 Å². The third-order valence-corrected chi connectivity index (χ3v) is 6.83. The van der Waals surface area contributed by atoms with Gasteiger partial charge in [-0.15, -0.1) is 0 Å². The number of rotatable bonds is 4. The first kappa shape index (κ1) is 19.5. The van der Waals surface area contributed by atoms with E-state index in [1.165, 1.54) is 11.8 Å². The zero-order chi connectivity index (χ0) is 20.2. The summed E-state index contributed by atoms with van der Waals surface area (Å²) in [6.07, 6.45) is 3.16. The molecule has 2 aliphatic rings. The molecule has 0 unspecified atom stereocenters. The molecule has 0 atom stereocenters. The van der Waals surface area contributed by atoms with E-state index < -0.39 is 0 Å². The van der Waals surface area contributed by atoms with E-state index in [1.807, 2.05) is 52.3 Å². The Kier molecular flexibility index (Phi) is 5.86. The van der Waals surface area contributed by atoms with Crippen LogP contribution in [0.3, 0.4) is 0 Å². The molecule has 2 aromatic carbocycles. The second kappa shape index (κ2) is 8.71. The predicted octanol–water partition coefficient (Wildman–Crippen LogP) is 3.79. The molecule has 1 heterocycles. The number of benzene rings is 2. The number of nitriles is 1. The van der Waals surface area contributed by atoms with Gasteiger partial charge in [-0.25, -0.2) is 0 Å². The highest BCUT2D eigenvalue weighted by Gasteiger charge is 2.32. The topological polar surface area (TPSA) is 64.4 Å². The first-order valence-electron chi connectivity index (χ1n) is 10.0. The van der Waals surface area contributed by atoms with Gasteiger partial charge in [0.1, 0.15) is 6.07 Å². The highest BCUT2D eigenvalue weighted by Crippen LogP contribution is 2.33. The van der Waals surface area contributed by atoms with Gasteiger partial charge in [0, 0.05) is 41.9 Å². The summed E-state index contributed by atoms with van der Waals surface area (Å²) in [6.45, 7) is 2.33. The molecule has 0 bridgehead atoms. The molecule has 4 rings (SSSR count). The molecule has 1 saturated heterocycles. The Morgan fingerprint density at radius 2 is 1.52 bits per heavy atom. The van der Waals surface area contributed by atoms with Gasteiger partial charge in [-0.2, -0.15) is 5.26 Å². The molecule has 5 nitrogen and oxygen atoms in total. The van der Waals surface area contributed by atoms with Crippen molar-refractivity contribution in [1.82, 2.24) is 9.80 Å². The molecule has 0 spiro atoms. The first-order chi connectivity index (χ1) is 14.2. The standard InChI is InChI=1S/C23H23N3O2S/c24-16-18-6-1-3-10-20(18)29-21-11-4-2-9-19(21)23(28)26-14-12-25(13-15-26)22(27)17-7-5-8-17/h1-4,6,9-11,17H,5,7-8,12-15H2. The summed E-state index contributed by atoms with van der Waals surface area (Å²) >= 11 is 1.44. The molecule has 2 fully saturated rings. The van der Waals surface area contributed by atoms with Gasteiger partial charge in [-0.1, -0.05) is 42.4 Å². The lowest BCUT2D eigenvalue weighted by atomic mass is 9.84. The normalized spacial score (nSPS) is 16.8. The largest absolute Gasteiger partial charge is 0.339 e. The summed E-state index contributed by atoms with van der Waals surface area (Å²) in [6, 6.07) is 17.2. The van der Waals surface area contributed by atoms with E-state index in [0.29, 0.717) is 37.3 Å². The summed E-state index contributed by atoms with van der Waals surface area (Å²) in [5.41, 5.74) is 1.24. The molecular weight excluding hydrogens is 382 g/mol. The van der Waals surface area contributed by atoms with Crippen LogP contribution >= 0.6 is 11.8 Å². The second-order valence-corrected chi connectivity index (χ2v) is 8.54. The minimum absolute atomic E-state index is 0.0155. The number of nitrogens with zero attached hydrogens (tertiary/aromatic N) is 3. The van der Waals surface area contributed by atoms with Gasteiger partial charge in [-0.05, 0) is 37.1 Å². The Hall–Kier alpha value is -2.78. The third-order valence-electron chi connectivity index (χ3n) is 5.68. The summed E-state index contributed by atoms with van der Waals surface area (Å²) in [5.74, 6) is 0.445. The maximum atomic E-state index is 13.2. The van der Waals surface area contributed by atoms with Crippen LogP contribution in [0.25, 0.3) is 0 Å². The number of hydrogen-bond donors (Lipinski definition) is 0. The number of hydrogen-bond acceptors (Lipinski definition) is 4. The molecule has 6 heteroatoms. The van der Waals surface area contributed by atoms with E-state index >= 15 is 0 Å². The van der Waals surface area contributed by atoms with Gasteiger partial charge in [0.05, 0.1) is 11.1 Å². The molecule has 0 N–H and O–H groups in total. The monoisotopic (exact) mass is 405 g/mol. The number of amides is 2. The van der Waals surface area contributed by atoms with E-state index in [-0.39, 0.29) is 17.7 Å². The maximum absolute atomic E-state index is 13.2. The zero-order valence-corrected chi connectivity index (χ0v) is 17.0. The van der Waals surface area contributed by atoms with E-state index in [0.717, 1.165) is 29.1 Å².